The van der Waals surface area contributed by atoms with Gasteiger partial charge in [-0.15, -0.1) is 11.6 Å². The molecule has 0 bridgehead atoms. The van der Waals surface area contributed by atoms with Gasteiger partial charge in [0.05, 0.1) is 0 Å². The summed E-state index contributed by atoms with van der Waals surface area (Å²) in [4.78, 5) is 0. The lowest BCUT2D eigenvalue weighted by Gasteiger charge is -2.19. The maximum Gasteiger partial charge on any atom is 0.0379 e. The van der Waals surface area contributed by atoms with E-state index in [9.17, 15) is 0 Å². The zero-order valence-electron chi connectivity index (χ0n) is 9.44. The van der Waals surface area contributed by atoms with Crippen LogP contribution in [-0.4, -0.2) is 18.5 Å². The monoisotopic (exact) mass is 205 g/mol. The van der Waals surface area contributed by atoms with E-state index in [1.54, 1.807) is 0 Å². The van der Waals surface area contributed by atoms with Crippen LogP contribution in [0.2, 0.25) is 0 Å². The Labute approximate surface area is 88.2 Å². The zero-order valence-corrected chi connectivity index (χ0v) is 10.2. The van der Waals surface area contributed by atoms with Gasteiger partial charge in [-0.25, -0.2) is 0 Å². The Balaban J connectivity index is 3.39. The number of hydrogen-bond acceptors (Lipinski definition) is 1. The molecule has 2 heteroatoms. The van der Waals surface area contributed by atoms with Gasteiger partial charge in [-0.05, 0) is 31.2 Å². The largest absolute Gasteiger partial charge is 0.313 e. The zero-order chi connectivity index (χ0) is 10.3. The lowest BCUT2D eigenvalue weighted by molar-refractivity contribution is 0.416. The molecule has 13 heavy (non-hydrogen) atoms. The van der Waals surface area contributed by atoms with E-state index in [2.05, 4.69) is 33.0 Å². The molecule has 1 unspecified atom stereocenters. The van der Waals surface area contributed by atoms with Crippen LogP contribution in [0, 0.1) is 11.8 Å². The second-order valence-electron chi connectivity index (χ2n) is 4.50. The van der Waals surface area contributed by atoms with Crippen molar-refractivity contribution >= 4 is 11.6 Å². The highest BCUT2D eigenvalue weighted by Gasteiger charge is 2.10. The first-order valence-electron chi connectivity index (χ1n) is 5.37. The first kappa shape index (κ1) is 13.2. The number of halogens is 1. The summed E-state index contributed by atoms with van der Waals surface area (Å²) in [7, 11) is 0. The van der Waals surface area contributed by atoms with Crippen molar-refractivity contribution in [3.63, 3.8) is 0 Å². The molecule has 1 atom stereocenters. The lowest BCUT2D eigenvalue weighted by Crippen LogP contribution is -2.36. The summed E-state index contributed by atoms with van der Waals surface area (Å²) in [5.41, 5.74) is 0. The molecule has 1 nitrogen and oxygen atoms in total. The number of nitrogens with one attached hydrogen (secondary N) is 1. The van der Waals surface area contributed by atoms with Gasteiger partial charge in [0.1, 0.15) is 0 Å². The topological polar surface area (TPSA) is 12.0 Å². The van der Waals surface area contributed by atoms with Gasteiger partial charge in [0.2, 0.25) is 0 Å². The summed E-state index contributed by atoms with van der Waals surface area (Å²) in [6.07, 6.45) is 2.57. The lowest BCUT2D eigenvalue weighted by atomic mass is 10.1. The van der Waals surface area contributed by atoms with Crippen LogP contribution in [0.15, 0.2) is 0 Å². The highest BCUT2D eigenvalue weighted by Crippen LogP contribution is 2.05. The van der Waals surface area contributed by atoms with Crippen molar-refractivity contribution in [2.45, 2.75) is 46.6 Å². The SMILES string of the molecule is CC(C)CCCNC(CCl)C(C)C. The van der Waals surface area contributed by atoms with E-state index >= 15 is 0 Å². The molecular weight excluding hydrogens is 182 g/mol. The molecule has 0 spiro atoms. The van der Waals surface area contributed by atoms with E-state index in [1.165, 1.54) is 12.8 Å². The minimum absolute atomic E-state index is 0.480. The third-order valence-corrected chi connectivity index (χ3v) is 2.67. The van der Waals surface area contributed by atoms with Crippen molar-refractivity contribution in [3.05, 3.63) is 0 Å². The van der Waals surface area contributed by atoms with Crippen LogP contribution in [0.3, 0.4) is 0 Å². The van der Waals surface area contributed by atoms with E-state index in [0.29, 0.717) is 12.0 Å². The molecule has 80 valence electrons. The Morgan fingerprint density at radius 1 is 1.15 bits per heavy atom. The molecule has 0 fully saturated rings. The van der Waals surface area contributed by atoms with Crippen LogP contribution in [0.4, 0.5) is 0 Å². The van der Waals surface area contributed by atoms with E-state index in [-0.39, 0.29) is 0 Å². The van der Waals surface area contributed by atoms with Crippen molar-refractivity contribution in [2.75, 3.05) is 12.4 Å². The van der Waals surface area contributed by atoms with Crippen LogP contribution < -0.4 is 5.32 Å². The molecule has 0 amide bonds. The summed E-state index contributed by atoms with van der Waals surface area (Å²) in [5, 5.41) is 3.49. The maximum atomic E-state index is 5.84. The summed E-state index contributed by atoms with van der Waals surface area (Å²) < 4.78 is 0. The Hall–Kier alpha value is 0.250. The van der Waals surface area contributed by atoms with Crippen molar-refractivity contribution in [1.82, 2.24) is 5.32 Å². The van der Waals surface area contributed by atoms with Gasteiger partial charge in [-0.2, -0.15) is 0 Å². The third-order valence-electron chi connectivity index (χ3n) is 2.34. The average molecular weight is 206 g/mol. The molecule has 0 aliphatic carbocycles. The molecule has 0 aromatic rings. The normalized spacial score (nSPS) is 14.1. The highest BCUT2D eigenvalue weighted by molar-refractivity contribution is 6.18. The molecule has 0 aliphatic heterocycles. The Bertz CT molecular complexity index is 113. The Kier molecular flexibility index (Phi) is 7.78. The van der Waals surface area contributed by atoms with E-state index in [1.807, 2.05) is 0 Å². The summed E-state index contributed by atoms with van der Waals surface area (Å²) >= 11 is 5.84. The van der Waals surface area contributed by atoms with E-state index in [0.717, 1.165) is 18.3 Å². The Morgan fingerprint density at radius 2 is 1.77 bits per heavy atom. The number of hydrogen-bond donors (Lipinski definition) is 1. The van der Waals surface area contributed by atoms with Crippen molar-refractivity contribution < 1.29 is 0 Å². The van der Waals surface area contributed by atoms with Gasteiger partial charge in [0, 0.05) is 11.9 Å². The van der Waals surface area contributed by atoms with Gasteiger partial charge in [-0.1, -0.05) is 27.7 Å². The minimum atomic E-state index is 0.480. The summed E-state index contributed by atoms with van der Waals surface area (Å²) in [6.45, 7) is 10.1. The van der Waals surface area contributed by atoms with Crippen molar-refractivity contribution in [2.24, 2.45) is 11.8 Å². The smallest absolute Gasteiger partial charge is 0.0379 e. The van der Waals surface area contributed by atoms with Crippen molar-refractivity contribution in [3.8, 4) is 0 Å². The molecule has 0 aromatic heterocycles. The summed E-state index contributed by atoms with van der Waals surface area (Å²) in [6, 6.07) is 0.480. The molecule has 1 N–H and O–H groups in total. The van der Waals surface area contributed by atoms with Gasteiger partial charge >= 0.3 is 0 Å². The average Bonchev–Trinajstić information content (AvgIpc) is 2.03. The second kappa shape index (κ2) is 7.64. The molecule has 0 aromatic carbocycles. The fourth-order valence-corrected chi connectivity index (χ4v) is 1.73. The fourth-order valence-electron chi connectivity index (χ4n) is 1.27. The summed E-state index contributed by atoms with van der Waals surface area (Å²) in [5.74, 6) is 2.17. The van der Waals surface area contributed by atoms with Crippen LogP contribution in [-0.2, 0) is 0 Å². The fraction of sp³-hybridized carbons (Fsp3) is 1.00. The first-order chi connectivity index (χ1) is 6.07. The first-order valence-corrected chi connectivity index (χ1v) is 5.90. The maximum absolute atomic E-state index is 5.84. The molecular formula is C11H24ClN. The molecule has 0 saturated heterocycles. The van der Waals surface area contributed by atoms with Crippen LogP contribution in [0.25, 0.3) is 0 Å². The molecule has 0 aliphatic rings. The third kappa shape index (κ3) is 7.33. The number of alkyl halides is 1. The minimum Gasteiger partial charge on any atom is -0.313 e. The van der Waals surface area contributed by atoms with Gasteiger partial charge in [-0.3, -0.25) is 0 Å². The van der Waals surface area contributed by atoms with Crippen LogP contribution in [0.1, 0.15) is 40.5 Å². The predicted molar refractivity (Wildman–Crippen MR) is 61.4 cm³/mol. The molecule has 0 heterocycles. The second-order valence-corrected chi connectivity index (χ2v) is 4.80. The molecule has 0 rings (SSSR count). The standard InChI is InChI=1S/C11H24ClN/c1-9(2)6-5-7-13-11(8-12)10(3)4/h9-11,13H,5-8H2,1-4H3. The predicted octanol–water partition coefficient (Wildman–Crippen LogP) is 3.28. The molecule has 0 radical (unpaired) electrons. The van der Waals surface area contributed by atoms with Crippen LogP contribution in [0.5, 0.6) is 0 Å². The Morgan fingerprint density at radius 3 is 2.15 bits per heavy atom. The van der Waals surface area contributed by atoms with Gasteiger partial charge in [0.25, 0.3) is 0 Å². The van der Waals surface area contributed by atoms with Gasteiger partial charge in [0.15, 0.2) is 0 Å². The quantitative estimate of drug-likeness (QED) is 0.497. The van der Waals surface area contributed by atoms with E-state index in [4.69, 9.17) is 11.6 Å². The highest BCUT2D eigenvalue weighted by atomic mass is 35.5. The van der Waals surface area contributed by atoms with Gasteiger partial charge < -0.3 is 5.32 Å². The van der Waals surface area contributed by atoms with Crippen LogP contribution >= 0.6 is 11.6 Å². The van der Waals surface area contributed by atoms with E-state index < -0.39 is 0 Å². The molecule has 0 saturated carbocycles. The van der Waals surface area contributed by atoms with Crippen molar-refractivity contribution in [1.29, 1.82) is 0 Å². The number of rotatable bonds is 7.